The summed E-state index contributed by atoms with van der Waals surface area (Å²) in [5, 5.41) is 16.0. The van der Waals surface area contributed by atoms with E-state index < -0.39 is 0 Å². The zero-order valence-electron chi connectivity index (χ0n) is 13.9. The Morgan fingerprint density at radius 1 is 1.23 bits per heavy atom. The summed E-state index contributed by atoms with van der Waals surface area (Å²) in [5.41, 5.74) is 4.08. The Hall–Kier alpha value is -3.20. The van der Waals surface area contributed by atoms with Crippen molar-refractivity contribution in [3.63, 3.8) is 0 Å². The molecule has 2 aromatic carbocycles. The van der Waals surface area contributed by atoms with Crippen LogP contribution in [0.5, 0.6) is 5.75 Å². The number of methoxy groups -OCH3 is 1. The van der Waals surface area contributed by atoms with Crippen molar-refractivity contribution in [2.24, 2.45) is 5.10 Å². The van der Waals surface area contributed by atoms with E-state index in [1.807, 2.05) is 54.6 Å². The van der Waals surface area contributed by atoms with E-state index >= 15 is 0 Å². The van der Waals surface area contributed by atoms with Crippen molar-refractivity contribution in [2.75, 3.05) is 12.9 Å². The second-order valence-electron chi connectivity index (χ2n) is 5.03. The molecule has 3 aromatic rings. The number of benzene rings is 2. The van der Waals surface area contributed by atoms with E-state index in [1.165, 1.54) is 18.0 Å². The van der Waals surface area contributed by atoms with E-state index in [4.69, 9.17) is 4.74 Å². The highest BCUT2D eigenvalue weighted by Crippen LogP contribution is 2.17. The Balaban J connectivity index is 1.55. The molecule has 0 aliphatic heterocycles. The molecule has 0 radical (unpaired) electrons. The van der Waals surface area contributed by atoms with Gasteiger partial charge in [0, 0.05) is 5.56 Å². The van der Waals surface area contributed by atoms with Gasteiger partial charge < -0.3 is 4.74 Å². The number of amides is 1. The SMILES string of the molecule is COc1ccccc1/C=N/NC(=O)CSc1nnnn1-c1ccccc1. The lowest BCUT2D eigenvalue weighted by atomic mass is 10.2. The van der Waals surface area contributed by atoms with Gasteiger partial charge in [0.25, 0.3) is 5.91 Å². The predicted octanol–water partition coefficient (Wildman–Crippen LogP) is 1.91. The maximum atomic E-state index is 12.0. The monoisotopic (exact) mass is 368 g/mol. The van der Waals surface area contributed by atoms with Gasteiger partial charge in [0.2, 0.25) is 5.16 Å². The molecule has 132 valence electrons. The van der Waals surface area contributed by atoms with Crippen LogP contribution in [0.3, 0.4) is 0 Å². The Morgan fingerprint density at radius 2 is 2.00 bits per heavy atom. The number of nitrogens with one attached hydrogen (secondary N) is 1. The summed E-state index contributed by atoms with van der Waals surface area (Å²) in [5.74, 6) is 0.557. The van der Waals surface area contributed by atoms with Gasteiger partial charge >= 0.3 is 0 Å². The Kier molecular flexibility index (Phi) is 5.94. The zero-order valence-corrected chi connectivity index (χ0v) is 14.8. The molecule has 26 heavy (non-hydrogen) atoms. The standard InChI is InChI=1S/C17H16N6O2S/c1-25-15-10-6-5-7-13(15)11-18-19-16(24)12-26-17-20-21-22-23(17)14-8-3-2-4-9-14/h2-11H,12H2,1H3,(H,19,24)/b18-11+. The number of tetrazole rings is 1. The van der Waals surface area contributed by atoms with E-state index in [0.29, 0.717) is 10.9 Å². The van der Waals surface area contributed by atoms with Crippen LogP contribution in [0.25, 0.3) is 5.69 Å². The summed E-state index contributed by atoms with van der Waals surface area (Å²) in [6, 6.07) is 16.9. The average Bonchev–Trinajstić information content (AvgIpc) is 3.16. The highest BCUT2D eigenvalue weighted by molar-refractivity contribution is 7.99. The third-order valence-corrected chi connectivity index (χ3v) is 4.23. The van der Waals surface area contributed by atoms with E-state index in [2.05, 4.69) is 26.1 Å². The molecule has 0 saturated heterocycles. The topological polar surface area (TPSA) is 94.3 Å². The number of hydrogen-bond donors (Lipinski definition) is 1. The number of hydrogen-bond acceptors (Lipinski definition) is 7. The first-order valence-corrected chi connectivity index (χ1v) is 8.68. The fourth-order valence-electron chi connectivity index (χ4n) is 2.11. The highest BCUT2D eigenvalue weighted by atomic mass is 32.2. The first-order chi connectivity index (χ1) is 12.8. The van der Waals surface area contributed by atoms with Crippen LogP contribution < -0.4 is 10.2 Å². The predicted molar refractivity (Wildman–Crippen MR) is 98.6 cm³/mol. The lowest BCUT2D eigenvalue weighted by molar-refractivity contribution is -0.118. The summed E-state index contributed by atoms with van der Waals surface area (Å²) in [6.45, 7) is 0. The second kappa shape index (κ2) is 8.77. The van der Waals surface area contributed by atoms with Gasteiger partial charge in [0.1, 0.15) is 5.75 Å². The Morgan fingerprint density at radius 3 is 2.81 bits per heavy atom. The van der Waals surface area contributed by atoms with Gasteiger partial charge in [-0.25, -0.2) is 5.43 Å². The number of hydrazone groups is 1. The smallest absolute Gasteiger partial charge is 0.250 e. The Labute approximate surface area is 154 Å². The number of aromatic nitrogens is 4. The summed E-state index contributed by atoms with van der Waals surface area (Å²) >= 11 is 1.23. The number of nitrogens with zero attached hydrogens (tertiary/aromatic N) is 5. The maximum absolute atomic E-state index is 12.0. The molecule has 0 atom stereocenters. The van der Waals surface area contributed by atoms with Crippen LogP contribution >= 0.6 is 11.8 Å². The molecule has 9 heteroatoms. The van der Waals surface area contributed by atoms with E-state index in [1.54, 1.807) is 11.8 Å². The minimum atomic E-state index is -0.260. The van der Waals surface area contributed by atoms with Gasteiger partial charge in [-0.15, -0.1) is 5.10 Å². The molecule has 0 spiro atoms. The third kappa shape index (κ3) is 4.45. The molecule has 0 unspecified atom stereocenters. The van der Waals surface area contributed by atoms with Crippen LogP contribution in [0.15, 0.2) is 64.9 Å². The first-order valence-electron chi connectivity index (χ1n) is 7.69. The molecule has 0 saturated carbocycles. The van der Waals surface area contributed by atoms with Crippen LogP contribution in [-0.2, 0) is 4.79 Å². The minimum absolute atomic E-state index is 0.135. The molecular formula is C17H16N6O2S. The van der Waals surface area contributed by atoms with Crippen molar-refractivity contribution in [2.45, 2.75) is 5.16 Å². The summed E-state index contributed by atoms with van der Waals surface area (Å²) in [7, 11) is 1.58. The fraction of sp³-hybridized carbons (Fsp3) is 0.118. The molecular weight excluding hydrogens is 352 g/mol. The summed E-state index contributed by atoms with van der Waals surface area (Å²) < 4.78 is 6.80. The molecule has 0 fully saturated rings. The molecule has 1 N–H and O–H groups in total. The summed E-state index contributed by atoms with van der Waals surface area (Å²) in [6.07, 6.45) is 1.54. The lowest BCUT2D eigenvalue weighted by Crippen LogP contribution is -2.20. The summed E-state index contributed by atoms with van der Waals surface area (Å²) in [4.78, 5) is 12.0. The lowest BCUT2D eigenvalue weighted by Gasteiger charge is -2.04. The minimum Gasteiger partial charge on any atom is -0.496 e. The highest BCUT2D eigenvalue weighted by Gasteiger charge is 2.11. The number of carbonyl (C=O) groups excluding carboxylic acids is 1. The maximum Gasteiger partial charge on any atom is 0.250 e. The van der Waals surface area contributed by atoms with E-state index in [9.17, 15) is 4.79 Å². The number of rotatable bonds is 7. The van der Waals surface area contributed by atoms with E-state index in [-0.39, 0.29) is 11.7 Å². The van der Waals surface area contributed by atoms with Crippen LogP contribution in [0, 0.1) is 0 Å². The molecule has 8 nitrogen and oxygen atoms in total. The first kappa shape index (κ1) is 17.6. The molecule has 1 aromatic heterocycles. The molecule has 1 heterocycles. The van der Waals surface area contributed by atoms with Crippen molar-refractivity contribution in [3.05, 3.63) is 60.2 Å². The number of ether oxygens (including phenoxy) is 1. The van der Waals surface area contributed by atoms with Crippen LogP contribution in [0.2, 0.25) is 0 Å². The number of carbonyl (C=O) groups is 1. The largest absolute Gasteiger partial charge is 0.496 e. The van der Waals surface area contributed by atoms with Crippen molar-refractivity contribution >= 4 is 23.9 Å². The van der Waals surface area contributed by atoms with Gasteiger partial charge in [-0.1, -0.05) is 42.1 Å². The molecule has 0 aliphatic carbocycles. The van der Waals surface area contributed by atoms with Gasteiger partial charge in [0.05, 0.1) is 24.8 Å². The van der Waals surface area contributed by atoms with Crippen molar-refractivity contribution in [3.8, 4) is 11.4 Å². The molecule has 0 aliphatic rings. The van der Waals surface area contributed by atoms with Gasteiger partial charge in [0.15, 0.2) is 0 Å². The zero-order chi connectivity index (χ0) is 18.2. The van der Waals surface area contributed by atoms with Crippen LogP contribution in [0.1, 0.15) is 5.56 Å². The normalized spacial score (nSPS) is 10.8. The van der Waals surface area contributed by atoms with Crippen LogP contribution in [0.4, 0.5) is 0 Å². The fourth-order valence-corrected chi connectivity index (χ4v) is 2.79. The van der Waals surface area contributed by atoms with Gasteiger partial charge in [-0.05, 0) is 34.7 Å². The molecule has 0 bridgehead atoms. The second-order valence-corrected chi connectivity index (χ2v) is 5.98. The molecule has 1 amide bonds. The Bertz CT molecular complexity index is 897. The van der Waals surface area contributed by atoms with Gasteiger partial charge in [-0.3, -0.25) is 4.79 Å². The van der Waals surface area contributed by atoms with Crippen molar-refractivity contribution in [1.29, 1.82) is 0 Å². The third-order valence-electron chi connectivity index (χ3n) is 3.31. The van der Waals surface area contributed by atoms with Gasteiger partial charge in [-0.2, -0.15) is 9.78 Å². The van der Waals surface area contributed by atoms with Crippen molar-refractivity contribution < 1.29 is 9.53 Å². The average molecular weight is 368 g/mol. The van der Waals surface area contributed by atoms with E-state index in [0.717, 1.165) is 11.3 Å². The number of thioether (sulfide) groups is 1. The van der Waals surface area contributed by atoms with Crippen LogP contribution in [-0.4, -0.2) is 45.2 Å². The molecule has 3 rings (SSSR count). The number of para-hydroxylation sites is 2. The van der Waals surface area contributed by atoms with Crippen molar-refractivity contribution in [1.82, 2.24) is 25.6 Å². The quantitative estimate of drug-likeness (QED) is 0.389.